The zero-order chi connectivity index (χ0) is 47.5. The molecule has 1 unspecified atom stereocenters. The summed E-state index contributed by atoms with van der Waals surface area (Å²) in [5.74, 6) is -1.97. The van der Waals surface area contributed by atoms with Crippen molar-refractivity contribution >= 4 is 84.7 Å². The predicted molar refractivity (Wildman–Crippen MR) is 253 cm³/mol. The van der Waals surface area contributed by atoms with Crippen molar-refractivity contribution in [2.45, 2.75) is 62.9 Å². The van der Waals surface area contributed by atoms with Crippen molar-refractivity contribution in [3.63, 3.8) is 0 Å². The van der Waals surface area contributed by atoms with Gasteiger partial charge in [0, 0.05) is 72.9 Å². The van der Waals surface area contributed by atoms with Gasteiger partial charge >= 0.3 is 0 Å². The van der Waals surface area contributed by atoms with E-state index in [1.807, 2.05) is 38.2 Å². The summed E-state index contributed by atoms with van der Waals surface area (Å²) in [4.78, 5) is 81.7. The van der Waals surface area contributed by atoms with E-state index in [-0.39, 0.29) is 55.6 Å². The number of amides is 6. The fourth-order valence-corrected chi connectivity index (χ4v) is 11.7. The van der Waals surface area contributed by atoms with Crippen LogP contribution in [0, 0.1) is 0 Å². The number of rotatable bonds is 12. The van der Waals surface area contributed by atoms with Gasteiger partial charge in [-0.05, 0) is 67.4 Å². The molecule has 5 aromatic carbocycles. The van der Waals surface area contributed by atoms with Crippen molar-refractivity contribution in [2.75, 3.05) is 45.8 Å². The molecule has 0 spiro atoms. The topological polar surface area (TPSA) is 192 Å². The Morgan fingerprint density at radius 1 is 0.855 bits per heavy atom. The highest BCUT2D eigenvalue weighted by atomic mass is 16.6. The van der Waals surface area contributed by atoms with Crippen LogP contribution in [0.2, 0.25) is 0 Å². The second-order valence-electron chi connectivity index (χ2n) is 18.3. The minimum Gasteiger partial charge on any atom is -0.491 e. The van der Waals surface area contributed by atoms with E-state index in [9.17, 15) is 28.8 Å². The van der Waals surface area contributed by atoms with Crippen LogP contribution in [0.3, 0.4) is 0 Å². The molecule has 7 heterocycles. The maximum absolute atomic E-state index is 14.5. The third-order valence-electron chi connectivity index (χ3n) is 14.6. The molecule has 7 aromatic rings. The van der Waals surface area contributed by atoms with Gasteiger partial charge in [-0.1, -0.05) is 42.5 Å². The van der Waals surface area contributed by atoms with E-state index in [2.05, 4.69) is 49.4 Å². The van der Waals surface area contributed by atoms with Crippen LogP contribution in [0.5, 0.6) is 5.75 Å². The van der Waals surface area contributed by atoms with Gasteiger partial charge in [-0.3, -0.25) is 39.0 Å². The number of carbonyl (C=O) groups excluding carboxylic acids is 6. The lowest BCUT2D eigenvalue weighted by molar-refractivity contribution is -0.264. The summed E-state index contributed by atoms with van der Waals surface area (Å²) in [6.45, 7) is 3.55. The molecule has 5 aliphatic heterocycles. The molecule has 69 heavy (non-hydrogen) atoms. The van der Waals surface area contributed by atoms with E-state index in [1.54, 1.807) is 54.5 Å². The molecule has 350 valence electrons. The first-order valence-electron chi connectivity index (χ1n) is 23.2. The Morgan fingerprint density at radius 3 is 2.38 bits per heavy atom. The van der Waals surface area contributed by atoms with Gasteiger partial charge in [-0.15, -0.1) is 0 Å². The quantitative estimate of drug-likeness (QED) is 0.0990. The minimum absolute atomic E-state index is 0.0428. The number of methoxy groups -OCH3 is 1. The number of hydrogen-bond acceptors (Lipinski definition) is 11. The molecule has 12 rings (SSSR count). The zero-order valence-electron chi connectivity index (χ0n) is 38.0. The molecule has 0 radical (unpaired) electrons. The summed E-state index contributed by atoms with van der Waals surface area (Å²) >= 11 is 0. The van der Waals surface area contributed by atoms with E-state index in [4.69, 9.17) is 18.9 Å². The smallest absolute Gasteiger partial charge is 0.264 e. The summed E-state index contributed by atoms with van der Waals surface area (Å²) in [7, 11) is 3.48. The first kappa shape index (κ1) is 42.7. The van der Waals surface area contributed by atoms with Crippen LogP contribution in [0.4, 0.5) is 5.69 Å². The molecule has 17 nitrogen and oxygen atoms in total. The molecular weight excluding hydrogens is 883 g/mol. The van der Waals surface area contributed by atoms with Gasteiger partial charge in [-0.25, -0.2) is 0 Å². The number of anilines is 1. The first-order chi connectivity index (χ1) is 33.5. The van der Waals surface area contributed by atoms with Gasteiger partial charge < -0.3 is 43.6 Å². The van der Waals surface area contributed by atoms with Gasteiger partial charge in [-0.2, -0.15) is 0 Å². The largest absolute Gasteiger partial charge is 0.491 e. The number of piperidine rings is 1. The number of imide groups is 2. The Bertz CT molecular complexity index is 3400. The number of nitrogens with zero attached hydrogens (tertiary/aromatic N) is 4. The van der Waals surface area contributed by atoms with Crippen molar-refractivity contribution in [3.8, 4) is 5.75 Å². The molecule has 3 N–H and O–H groups in total. The average molecular weight is 930 g/mol. The van der Waals surface area contributed by atoms with E-state index in [0.717, 1.165) is 54.1 Å². The van der Waals surface area contributed by atoms with Crippen LogP contribution in [-0.2, 0) is 36.1 Å². The van der Waals surface area contributed by atoms with Crippen LogP contribution in [0.1, 0.15) is 79.4 Å². The van der Waals surface area contributed by atoms with Crippen LogP contribution >= 0.6 is 0 Å². The number of fused-ring (bicyclic) bond motifs is 14. The van der Waals surface area contributed by atoms with Gasteiger partial charge in [0.1, 0.15) is 30.7 Å². The van der Waals surface area contributed by atoms with Crippen LogP contribution in [0.25, 0.3) is 43.6 Å². The SMILES string of the molecule is CO[C@@H]1[C@H](N(C)C(=O)c2ccc(OCCOCCNc3cccc4c3C(=O)N(C3CCC(=O)NC3=O)C4=O)cc2)C[C@H]2O[C@]1(C)n1c3ccccc3c3c4c(c5c6ccccc6n2c5c31)C(=O)NC4. The van der Waals surface area contributed by atoms with Crippen LogP contribution < -0.4 is 20.7 Å². The normalized spacial score (nSPS) is 22.7. The number of para-hydroxylation sites is 2. The molecule has 2 aromatic heterocycles. The summed E-state index contributed by atoms with van der Waals surface area (Å²) in [6, 6.07) is 26.8. The van der Waals surface area contributed by atoms with Gasteiger partial charge in [0.05, 0.1) is 58.0 Å². The van der Waals surface area contributed by atoms with Gasteiger partial charge in [0.2, 0.25) is 11.8 Å². The number of nitrogens with one attached hydrogen (secondary N) is 3. The molecule has 0 aliphatic carbocycles. The standard InChI is InChI=1S/C52H47N7O10/c1-52-46(66-3)37(25-39(69-52)57-34-13-6-4-9-29(34)42-43-32(26-54-48(43)62)40-30-10-5-7-14-35(30)59(52)45(40)44(42)57)56(2)49(63)27-15-17-28(18-16-27)68-24-23-67-22-21-53-33-12-8-11-31-41(33)51(65)58(50(31)64)36-19-20-38(60)55-47(36)61/h4-18,36-37,39,46,53H,19-26H2,1-3H3,(H,54,62)(H,55,60,61)/t36?,37-,39-,46-,52+/m1/s1. The monoisotopic (exact) mass is 929 g/mol. The third-order valence-corrected chi connectivity index (χ3v) is 14.6. The molecule has 2 fully saturated rings. The Morgan fingerprint density at radius 2 is 1.61 bits per heavy atom. The molecule has 6 amide bonds. The Hall–Kier alpha value is -7.60. The Kier molecular flexibility index (Phi) is 9.91. The highest BCUT2D eigenvalue weighted by Gasteiger charge is 2.55. The number of aromatic nitrogens is 2. The summed E-state index contributed by atoms with van der Waals surface area (Å²) in [5.41, 5.74) is 5.68. The second kappa shape index (κ2) is 16.0. The fraction of sp³-hybridized carbons (Fsp3) is 0.308. The van der Waals surface area contributed by atoms with Crippen molar-refractivity contribution in [1.29, 1.82) is 0 Å². The molecule has 2 saturated heterocycles. The molecular formula is C52H47N7O10. The summed E-state index contributed by atoms with van der Waals surface area (Å²) in [6.07, 6.45) is -0.582. The van der Waals surface area contributed by atoms with Crippen molar-refractivity contribution in [1.82, 2.24) is 29.6 Å². The van der Waals surface area contributed by atoms with E-state index >= 15 is 0 Å². The highest BCUT2D eigenvalue weighted by molar-refractivity contribution is 6.31. The fourth-order valence-electron chi connectivity index (χ4n) is 11.7. The first-order valence-corrected chi connectivity index (χ1v) is 23.2. The van der Waals surface area contributed by atoms with Crippen LogP contribution in [0.15, 0.2) is 91.0 Å². The highest BCUT2D eigenvalue weighted by Crippen LogP contribution is 2.54. The third kappa shape index (κ3) is 6.26. The molecule has 17 heteroatoms. The second-order valence-corrected chi connectivity index (χ2v) is 18.3. The Balaban J connectivity index is 0.731. The van der Waals surface area contributed by atoms with Gasteiger partial charge in [0.15, 0.2) is 5.72 Å². The summed E-state index contributed by atoms with van der Waals surface area (Å²) in [5, 5.41) is 12.4. The predicted octanol–water partition coefficient (Wildman–Crippen LogP) is 5.82. The number of ether oxygens (including phenoxy) is 4. The van der Waals surface area contributed by atoms with E-state index < -0.39 is 53.8 Å². The van der Waals surface area contributed by atoms with Crippen molar-refractivity contribution in [3.05, 3.63) is 119 Å². The molecule has 5 aliphatic rings. The Labute approximate surface area is 394 Å². The van der Waals surface area contributed by atoms with Crippen molar-refractivity contribution in [2.24, 2.45) is 0 Å². The maximum atomic E-state index is 14.5. The number of carbonyl (C=O) groups is 6. The lowest BCUT2D eigenvalue weighted by Gasteiger charge is -2.50. The maximum Gasteiger partial charge on any atom is 0.264 e. The number of benzene rings is 5. The lowest BCUT2D eigenvalue weighted by Crippen LogP contribution is -2.61. The number of likely N-dealkylation sites (N-methyl/N-ethyl adjacent to an activating group) is 1. The summed E-state index contributed by atoms with van der Waals surface area (Å²) < 4.78 is 30.0. The molecule has 5 atom stereocenters. The number of hydrogen-bond donors (Lipinski definition) is 3. The van der Waals surface area contributed by atoms with Crippen molar-refractivity contribution < 1.29 is 47.7 Å². The lowest BCUT2D eigenvalue weighted by atomic mass is 9.91. The zero-order valence-corrected chi connectivity index (χ0v) is 38.0. The average Bonchev–Trinajstić information content (AvgIpc) is 4.07. The van der Waals surface area contributed by atoms with Gasteiger partial charge in [0.25, 0.3) is 23.6 Å². The van der Waals surface area contributed by atoms with E-state index in [0.29, 0.717) is 42.1 Å². The van der Waals surface area contributed by atoms with E-state index in [1.165, 1.54) is 0 Å². The van der Waals surface area contributed by atoms with Crippen LogP contribution in [-0.4, -0.2) is 113 Å². The molecule has 0 saturated carbocycles. The molecule has 2 bridgehead atoms. The minimum atomic E-state index is -1.09.